The number of nitrogens with one attached hydrogen (secondary N) is 2. The first-order chi connectivity index (χ1) is 15.2. The van der Waals surface area contributed by atoms with Crippen LogP contribution in [0.1, 0.15) is 32.6 Å². The number of nitrogens with zero attached hydrogens (tertiary/aromatic N) is 1. The van der Waals surface area contributed by atoms with Crippen LogP contribution in [0.5, 0.6) is 0 Å². The van der Waals surface area contributed by atoms with Crippen molar-refractivity contribution in [2.45, 2.75) is 27.3 Å². The second-order valence-corrected chi connectivity index (χ2v) is 8.51. The molecule has 0 spiro atoms. The first-order valence-corrected chi connectivity index (χ1v) is 10.8. The van der Waals surface area contributed by atoms with Gasteiger partial charge in [-0.05, 0) is 80.4 Å². The molecule has 2 N–H and O–H groups in total. The number of hydrogen-bond acceptors (Lipinski definition) is 3. The van der Waals surface area contributed by atoms with E-state index >= 15 is 0 Å². The van der Waals surface area contributed by atoms with Gasteiger partial charge in [-0.3, -0.25) is 14.5 Å². The van der Waals surface area contributed by atoms with E-state index in [2.05, 4.69) is 10.6 Å². The molecule has 0 atom stereocenters. The molecule has 166 valence electrons. The molecule has 0 aliphatic rings. The summed E-state index contributed by atoms with van der Waals surface area (Å²) >= 11 is 6.04. The number of benzene rings is 3. The lowest BCUT2D eigenvalue weighted by atomic mass is 10.1. The van der Waals surface area contributed by atoms with Crippen molar-refractivity contribution in [1.82, 2.24) is 4.90 Å². The van der Waals surface area contributed by atoms with Crippen LogP contribution in [-0.4, -0.2) is 30.3 Å². The average molecular weight is 450 g/mol. The Morgan fingerprint density at radius 2 is 1.53 bits per heavy atom. The van der Waals surface area contributed by atoms with Crippen LogP contribution >= 0.6 is 11.6 Å². The quantitative estimate of drug-likeness (QED) is 0.494. The summed E-state index contributed by atoms with van der Waals surface area (Å²) in [6.07, 6.45) is 0. The Kier molecular flexibility index (Phi) is 7.67. The van der Waals surface area contributed by atoms with Crippen LogP contribution in [0.25, 0.3) is 0 Å². The standard InChI is InChI=1S/C26H28ClN3O2/c1-17-6-5-7-18(2)25(17)29-24(31)16-30(4)15-20-8-10-21(11-9-20)26(32)28-22-12-13-23(27)19(3)14-22/h5-14H,15-16H2,1-4H3,(H,28,32)(H,29,31). The Hall–Kier alpha value is -3.15. The van der Waals surface area contributed by atoms with E-state index in [4.69, 9.17) is 11.6 Å². The summed E-state index contributed by atoms with van der Waals surface area (Å²) in [5.41, 5.74) is 6.16. The Balaban J connectivity index is 1.54. The lowest BCUT2D eigenvalue weighted by Gasteiger charge is -2.18. The molecule has 0 aromatic heterocycles. The van der Waals surface area contributed by atoms with Gasteiger partial charge in [0.2, 0.25) is 5.91 Å². The number of carbonyl (C=O) groups is 2. The molecular weight excluding hydrogens is 422 g/mol. The van der Waals surface area contributed by atoms with E-state index < -0.39 is 0 Å². The molecule has 5 nitrogen and oxygen atoms in total. The molecule has 0 fully saturated rings. The van der Waals surface area contributed by atoms with Crippen LogP contribution in [0.4, 0.5) is 11.4 Å². The van der Waals surface area contributed by atoms with Gasteiger partial charge >= 0.3 is 0 Å². The highest BCUT2D eigenvalue weighted by atomic mass is 35.5. The Morgan fingerprint density at radius 3 is 2.16 bits per heavy atom. The minimum atomic E-state index is -0.181. The Labute approximate surface area is 194 Å². The van der Waals surface area contributed by atoms with Crippen molar-refractivity contribution in [3.8, 4) is 0 Å². The lowest BCUT2D eigenvalue weighted by molar-refractivity contribution is -0.117. The average Bonchev–Trinajstić information content (AvgIpc) is 2.74. The number of aryl methyl sites for hydroxylation is 3. The van der Waals surface area contributed by atoms with Crippen LogP contribution < -0.4 is 10.6 Å². The van der Waals surface area contributed by atoms with E-state index in [1.165, 1.54) is 0 Å². The maximum absolute atomic E-state index is 12.5. The van der Waals surface area contributed by atoms with Gasteiger partial charge in [0.25, 0.3) is 5.91 Å². The van der Waals surface area contributed by atoms with E-state index in [0.717, 1.165) is 27.9 Å². The van der Waals surface area contributed by atoms with Crippen LogP contribution in [-0.2, 0) is 11.3 Å². The fourth-order valence-corrected chi connectivity index (χ4v) is 3.61. The minimum Gasteiger partial charge on any atom is -0.324 e. The van der Waals surface area contributed by atoms with Gasteiger partial charge in [0.15, 0.2) is 0 Å². The van der Waals surface area contributed by atoms with Gasteiger partial charge in [-0.1, -0.05) is 41.9 Å². The first kappa shape index (κ1) is 23.5. The third-order valence-electron chi connectivity index (χ3n) is 5.24. The second kappa shape index (κ2) is 10.4. The van der Waals surface area contributed by atoms with E-state index in [9.17, 15) is 9.59 Å². The van der Waals surface area contributed by atoms with Crippen molar-refractivity contribution in [1.29, 1.82) is 0 Å². The monoisotopic (exact) mass is 449 g/mol. The van der Waals surface area contributed by atoms with Gasteiger partial charge in [0, 0.05) is 28.5 Å². The number of halogens is 1. The van der Waals surface area contributed by atoms with Gasteiger partial charge in [-0.15, -0.1) is 0 Å². The van der Waals surface area contributed by atoms with Crippen LogP contribution in [0.2, 0.25) is 5.02 Å². The molecule has 32 heavy (non-hydrogen) atoms. The highest BCUT2D eigenvalue weighted by Crippen LogP contribution is 2.21. The molecular formula is C26H28ClN3O2. The second-order valence-electron chi connectivity index (χ2n) is 8.10. The molecule has 3 aromatic rings. The number of hydrogen-bond donors (Lipinski definition) is 2. The summed E-state index contributed by atoms with van der Waals surface area (Å²) in [6, 6.07) is 18.7. The number of anilines is 2. The maximum atomic E-state index is 12.5. The number of rotatable bonds is 7. The van der Waals surface area contributed by atoms with Crippen LogP contribution in [0.3, 0.4) is 0 Å². The molecule has 0 aliphatic carbocycles. The molecule has 0 radical (unpaired) electrons. The first-order valence-electron chi connectivity index (χ1n) is 10.4. The predicted molar refractivity (Wildman–Crippen MR) is 131 cm³/mol. The van der Waals surface area contributed by atoms with Crippen molar-refractivity contribution < 1.29 is 9.59 Å². The zero-order chi connectivity index (χ0) is 23.3. The van der Waals surface area contributed by atoms with Gasteiger partial charge in [-0.2, -0.15) is 0 Å². The van der Waals surface area contributed by atoms with Crippen LogP contribution in [0.15, 0.2) is 60.7 Å². The molecule has 0 unspecified atom stereocenters. The SMILES string of the molecule is Cc1cc(NC(=O)c2ccc(CN(C)CC(=O)Nc3c(C)cccc3C)cc2)ccc1Cl. The summed E-state index contributed by atoms with van der Waals surface area (Å²) < 4.78 is 0. The van der Waals surface area contributed by atoms with Crippen molar-refractivity contribution in [2.75, 3.05) is 24.2 Å². The number of para-hydroxylation sites is 1. The molecule has 0 heterocycles. The Bertz CT molecular complexity index is 1110. The topological polar surface area (TPSA) is 61.4 Å². The third kappa shape index (κ3) is 6.19. The van der Waals surface area contributed by atoms with Crippen LogP contribution in [0, 0.1) is 20.8 Å². The highest BCUT2D eigenvalue weighted by molar-refractivity contribution is 6.31. The summed E-state index contributed by atoms with van der Waals surface area (Å²) in [7, 11) is 1.90. The molecule has 0 aliphatic heterocycles. The molecule has 6 heteroatoms. The summed E-state index contributed by atoms with van der Waals surface area (Å²) in [4.78, 5) is 26.9. The summed E-state index contributed by atoms with van der Waals surface area (Å²) in [5.74, 6) is -0.237. The Morgan fingerprint density at radius 1 is 0.875 bits per heavy atom. The molecule has 0 saturated heterocycles. The lowest BCUT2D eigenvalue weighted by Crippen LogP contribution is -2.30. The van der Waals surface area contributed by atoms with E-state index in [1.54, 1.807) is 24.3 Å². The molecule has 3 aromatic carbocycles. The fourth-order valence-electron chi connectivity index (χ4n) is 3.49. The summed E-state index contributed by atoms with van der Waals surface area (Å²) in [6.45, 7) is 6.73. The highest BCUT2D eigenvalue weighted by Gasteiger charge is 2.12. The fraction of sp³-hybridized carbons (Fsp3) is 0.231. The third-order valence-corrected chi connectivity index (χ3v) is 5.67. The van der Waals surface area contributed by atoms with Gasteiger partial charge in [0.1, 0.15) is 0 Å². The normalized spacial score (nSPS) is 10.8. The van der Waals surface area contributed by atoms with Gasteiger partial charge < -0.3 is 10.6 Å². The smallest absolute Gasteiger partial charge is 0.255 e. The number of carbonyl (C=O) groups excluding carboxylic acids is 2. The van der Waals surface area contributed by atoms with Crippen molar-refractivity contribution in [3.63, 3.8) is 0 Å². The van der Waals surface area contributed by atoms with Gasteiger partial charge in [0.05, 0.1) is 6.54 Å². The molecule has 2 amide bonds. The van der Waals surface area contributed by atoms with Crippen molar-refractivity contribution >= 4 is 34.8 Å². The van der Waals surface area contributed by atoms with E-state index in [0.29, 0.717) is 22.8 Å². The van der Waals surface area contributed by atoms with E-state index in [1.807, 2.05) is 69.1 Å². The van der Waals surface area contributed by atoms with Gasteiger partial charge in [-0.25, -0.2) is 0 Å². The number of likely N-dealkylation sites (N-methyl/N-ethyl adjacent to an activating group) is 1. The molecule has 0 bridgehead atoms. The number of amides is 2. The zero-order valence-electron chi connectivity index (χ0n) is 18.8. The molecule has 3 rings (SSSR count). The zero-order valence-corrected chi connectivity index (χ0v) is 19.6. The predicted octanol–water partition coefficient (Wildman–Crippen LogP) is 5.59. The summed E-state index contributed by atoms with van der Waals surface area (Å²) in [5, 5.41) is 6.56. The van der Waals surface area contributed by atoms with Crippen molar-refractivity contribution in [3.05, 3.63) is 93.5 Å². The maximum Gasteiger partial charge on any atom is 0.255 e. The minimum absolute atomic E-state index is 0.0563. The van der Waals surface area contributed by atoms with Crippen molar-refractivity contribution in [2.24, 2.45) is 0 Å². The largest absolute Gasteiger partial charge is 0.324 e. The van der Waals surface area contributed by atoms with E-state index in [-0.39, 0.29) is 18.4 Å². The molecule has 0 saturated carbocycles.